The van der Waals surface area contributed by atoms with E-state index in [1.54, 1.807) is 42.2 Å². The van der Waals surface area contributed by atoms with Crippen molar-refractivity contribution in [3.63, 3.8) is 0 Å². The number of aryl methyl sites for hydroxylation is 1. The van der Waals surface area contributed by atoms with Gasteiger partial charge in [0.2, 0.25) is 5.95 Å². The number of carbonyl (C=O) groups excluding carboxylic acids is 1. The maximum Gasteiger partial charge on any atom is 0.405 e. The molecule has 0 fully saturated rings. The Labute approximate surface area is 185 Å². The van der Waals surface area contributed by atoms with Gasteiger partial charge in [0.25, 0.3) is 5.91 Å². The molecule has 10 nitrogen and oxygen atoms in total. The van der Waals surface area contributed by atoms with E-state index in [2.05, 4.69) is 30.7 Å². The standard InChI is InChI=1S/C20H19F3N8O2/c1-30-10-13(9-27-30)18(33)29-17-7-15-12(8-25-17)6-16(31(15)4-5-32)14-2-3-24-19(28-14)26-11-20(21,22)23/h2-3,6-10,32H,4-5,11H2,1H3,(H,24,26,28)(H,25,29,33). The van der Waals surface area contributed by atoms with Crippen LogP contribution in [0.1, 0.15) is 10.4 Å². The van der Waals surface area contributed by atoms with E-state index in [0.717, 1.165) is 0 Å². The first kappa shape index (κ1) is 22.2. The lowest BCUT2D eigenvalue weighted by Crippen LogP contribution is -2.22. The van der Waals surface area contributed by atoms with Crippen LogP contribution in [0.2, 0.25) is 0 Å². The van der Waals surface area contributed by atoms with Crippen molar-refractivity contribution in [2.45, 2.75) is 12.7 Å². The van der Waals surface area contributed by atoms with Crippen LogP contribution in [0.5, 0.6) is 0 Å². The highest BCUT2D eigenvalue weighted by Crippen LogP contribution is 2.29. The average Bonchev–Trinajstić information content (AvgIpc) is 3.36. The number of aliphatic hydroxyl groups excluding tert-OH is 1. The summed E-state index contributed by atoms with van der Waals surface area (Å²) in [5.74, 6) is -0.268. The number of anilines is 2. The summed E-state index contributed by atoms with van der Waals surface area (Å²) in [5, 5.41) is 19.1. The van der Waals surface area contributed by atoms with E-state index < -0.39 is 12.7 Å². The molecular formula is C20H19F3N8O2. The normalized spacial score (nSPS) is 11.7. The van der Waals surface area contributed by atoms with Gasteiger partial charge >= 0.3 is 6.18 Å². The van der Waals surface area contributed by atoms with Gasteiger partial charge in [-0.15, -0.1) is 0 Å². The summed E-state index contributed by atoms with van der Waals surface area (Å²) < 4.78 is 40.8. The van der Waals surface area contributed by atoms with Crippen LogP contribution in [-0.2, 0) is 13.6 Å². The molecule has 0 spiro atoms. The minimum Gasteiger partial charge on any atom is -0.395 e. The van der Waals surface area contributed by atoms with Crippen molar-refractivity contribution in [1.29, 1.82) is 0 Å². The predicted octanol–water partition coefficient (Wildman–Crippen LogP) is 2.45. The molecule has 4 rings (SSSR count). The van der Waals surface area contributed by atoms with E-state index >= 15 is 0 Å². The van der Waals surface area contributed by atoms with Crippen molar-refractivity contribution in [1.82, 2.24) is 29.3 Å². The molecule has 0 bridgehead atoms. The van der Waals surface area contributed by atoms with Gasteiger partial charge in [-0.3, -0.25) is 9.48 Å². The van der Waals surface area contributed by atoms with Crippen molar-refractivity contribution < 1.29 is 23.1 Å². The lowest BCUT2D eigenvalue weighted by Gasteiger charge is -2.11. The first-order valence-electron chi connectivity index (χ1n) is 9.78. The zero-order chi connectivity index (χ0) is 23.6. The third-order valence-electron chi connectivity index (χ3n) is 4.68. The van der Waals surface area contributed by atoms with Crippen LogP contribution < -0.4 is 10.6 Å². The van der Waals surface area contributed by atoms with Gasteiger partial charge in [0, 0.05) is 43.6 Å². The van der Waals surface area contributed by atoms with Crippen molar-refractivity contribution in [2.75, 3.05) is 23.8 Å². The third-order valence-corrected chi connectivity index (χ3v) is 4.68. The second-order valence-electron chi connectivity index (χ2n) is 7.12. The molecule has 0 aromatic carbocycles. The smallest absolute Gasteiger partial charge is 0.395 e. The van der Waals surface area contributed by atoms with Crippen LogP contribution >= 0.6 is 0 Å². The Balaban J connectivity index is 1.67. The molecule has 13 heteroatoms. The van der Waals surface area contributed by atoms with Crippen LogP contribution in [0, 0.1) is 0 Å². The fourth-order valence-corrected chi connectivity index (χ4v) is 3.27. The van der Waals surface area contributed by atoms with Crippen molar-refractivity contribution >= 4 is 28.6 Å². The SMILES string of the molecule is Cn1cc(C(=O)Nc2cc3c(cn2)cc(-c2ccnc(NCC(F)(F)F)n2)n3CCO)cn1. The molecule has 1 amide bonds. The number of nitrogens with one attached hydrogen (secondary N) is 2. The number of alkyl halides is 3. The highest BCUT2D eigenvalue weighted by molar-refractivity contribution is 6.04. The molecular weight excluding hydrogens is 441 g/mol. The molecule has 4 aromatic heterocycles. The highest BCUT2D eigenvalue weighted by atomic mass is 19.4. The number of halogens is 3. The number of aliphatic hydroxyl groups is 1. The van der Waals surface area contributed by atoms with E-state index in [1.165, 1.54) is 17.1 Å². The Bertz CT molecular complexity index is 1300. The highest BCUT2D eigenvalue weighted by Gasteiger charge is 2.27. The fraction of sp³-hybridized carbons (Fsp3) is 0.250. The van der Waals surface area contributed by atoms with Crippen LogP contribution in [0.3, 0.4) is 0 Å². The Kier molecular flexibility index (Phi) is 5.96. The van der Waals surface area contributed by atoms with Gasteiger partial charge in [-0.2, -0.15) is 18.3 Å². The molecule has 172 valence electrons. The summed E-state index contributed by atoms with van der Waals surface area (Å²) in [6, 6.07) is 4.95. The topological polar surface area (TPSA) is 123 Å². The van der Waals surface area contributed by atoms with Crippen LogP contribution in [0.4, 0.5) is 24.9 Å². The maximum atomic E-state index is 12.5. The number of carbonyl (C=O) groups is 1. The summed E-state index contributed by atoms with van der Waals surface area (Å²) >= 11 is 0. The Morgan fingerprint density at radius 2 is 2.03 bits per heavy atom. The fourth-order valence-electron chi connectivity index (χ4n) is 3.27. The molecule has 4 aromatic rings. The van der Waals surface area contributed by atoms with Gasteiger partial charge in [0.05, 0.1) is 35.3 Å². The monoisotopic (exact) mass is 460 g/mol. The van der Waals surface area contributed by atoms with Crippen molar-refractivity contribution in [3.05, 3.63) is 48.5 Å². The number of fused-ring (bicyclic) bond motifs is 1. The maximum absolute atomic E-state index is 12.5. The van der Waals surface area contributed by atoms with Gasteiger partial charge in [0.15, 0.2) is 0 Å². The van der Waals surface area contributed by atoms with Crippen LogP contribution in [-0.4, -0.2) is 59.6 Å². The zero-order valence-corrected chi connectivity index (χ0v) is 17.3. The van der Waals surface area contributed by atoms with E-state index in [0.29, 0.717) is 27.9 Å². The van der Waals surface area contributed by atoms with E-state index in [4.69, 9.17) is 0 Å². The van der Waals surface area contributed by atoms with Crippen LogP contribution in [0.15, 0.2) is 43.0 Å². The largest absolute Gasteiger partial charge is 0.405 e. The first-order chi connectivity index (χ1) is 15.7. The number of nitrogens with zero attached hydrogens (tertiary/aromatic N) is 6. The Hall–Kier alpha value is -4.00. The number of aromatic nitrogens is 6. The second kappa shape index (κ2) is 8.86. The molecule has 0 atom stereocenters. The summed E-state index contributed by atoms with van der Waals surface area (Å²) in [5.41, 5.74) is 1.93. The molecule has 0 unspecified atom stereocenters. The van der Waals surface area contributed by atoms with Gasteiger partial charge in [-0.25, -0.2) is 15.0 Å². The first-order valence-corrected chi connectivity index (χ1v) is 9.78. The molecule has 3 N–H and O–H groups in total. The summed E-state index contributed by atoms with van der Waals surface area (Å²) in [7, 11) is 1.70. The number of pyridine rings is 1. The van der Waals surface area contributed by atoms with Gasteiger partial charge < -0.3 is 20.3 Å². The van der Waals surface area contributed by atoms with E-state index in [9.17, 15) is 23.1 Å². The number of amides is 1. The lowest BCUT2D eigenvalue weighted by atomic mass is 10.2. The molecule has 0 radical (unpaired) electrons. The van der Waals surface area contributed by atoms with Crippen LogP contribution in [0.25, 0.3) is 22.3 Å². The zero-order valence-electron chi connectivity index (χ0n) is 17.3. The Morgan fingerprint density at radius 3 is 2.73 bits per heavy atom. The molecule has 0 aliphatic carbocycles. The molecule has 0 aliphatic rings. The summed E-state index contributed by atoms with van der Waals surface area (Å²) in [4.78, 5) is 24.7. The number of hydrogen-bond donors (Lipinski definition) is 3. The van der Waals surface area contributed by atoms with Crippen molar-refractivity contribution in [2.24, 2.45) is 7.05 Å². The minimum absolute atomic E-state index is 0.173. The third kappa shape index (κ3) is 5.09. The van der Waals surface area contributed by atoms with E-state index in [-0.39, 0.29) is 30.8 Å². The van der Waals surface area contributed by atoms with Gasteiger partial charge in [0.1, 0.15) is 12.4 Å². The molecule has 33 heavy (non-hydrogen) atoms. The molecule has 0 saturated carbocycles. The van der Waals surface area contributed by atoms with Gasteiger partial charge in [-0.1, -0.05) is 0 Å². The number of rotatable bonds is 7. The van der Waals surface area contributed by atoms with Gasteiger partial charge in [-0.05, 0) is 12.1 Å². The predicted molar refractivity (Wildman–Crippen MR) is 114 cm³/mol. The Morgan fingerprint density at radius 1 is 1.21 bits per heavy atom. The second-order valence-corrected chi connectivity index (χ2v) is 7.12. The van der Waals surface area contributed by atoms with E-state index in [1.807, 2.05) is 0 Å². The summed E-state index contributed by atoms with van der Waals surface area (Å²) in [6.07, 6.45) is 1.49. The quantitative estimate of drug-likeness (QED) is 0.387. The molecule has 0 saturated heterocycles. The minimum atomic E-state index is -4.41. The number of hydrogen-bond acceptors (Lipinski definition) is 7. The van der Waals surface area contributed by atoms with Crippen molar-refractivity contribution in [3.8, 4) is 11.4 Å². The molecule has 4 heterocycles. The molecule has 0 aliphatic heterocycles. The summed E-state index contributed by atoms with van der Waals surface area (Å²) in [6.45, 7) is -1.27. The lowest BCUT2D eigenvalue weighted by molar-refractivity contribution is -0.115. The average molecular weight is 460 g/mol.